The first kappa shape index (κ1) is 12.0. The molecule has 0 radical (unpaired) electrons. The highest BCUT2D eigenvalue weighted by atomic mass is 79.9. The maximum atomic E-state index is 11.3. The molecular weight excluding hydrogens is 254 g/mol. The van der Waals surface area contributed by atoms with Gasteiger partial charge in [-0.3, -0.25) is 4.79 Å². The Kier molecular flexibility index (Phi) is 4.09. The van der Waals surface area contributed by atoms with E-state index in [4.69, 9.17) is 0 Å². The second-order valence-electron chi connectivity index (χ2n) is 3.47. The lowest BCUT2D eigenvalue weighted by Crippen LogP contribution is -2.10. The van der Waals surface area contributed by atoms with Gasteiger partial charge in [0, 0.05) is 16.6 Å². The van der Waals surface area contributed by atoms with E-state index < -0.39 is 0 Å². The number of amides is 1. The first-order chi connectivity index (χ1) is 7.04. The van der Waals surface area contributed by atoms with Crippen molar-refractivity contribution in [2.75, 3.05) is 5.32 Å². The molecule has 1 aromatic carbocycles. The Hall–Kier alpha value is -1.09. The SMILES string of the molecule is C=CCC(=O)Nc1cc(C)c(Br)c(C)c1. The minimum atomic E-state index is -0.0360. The number of hydrogen-bond acceptors (Lipinski definition) is 1. The summed E-state index contributed by atoms with van der Waals surface area (Å²) in [6, 6.07) is 3.89. The van der Waals surface area contributed by atoms with Crippen LogP contribution >= 0.6 is 15.9 Å². The number of nitrogens with one attached hydrogen (secondary N) is 1. The second kappa shape index (κ2) is 5.12. The van der Waals surface area contributed by atoms with E-state index in [1.54, 1.807) is 6.08 Å². The Labute approximate surface area is 98.5 Å². The molecule has 0 fully saturated rings. The molecular formula is C12H14BrNO. The Morgan fingerprint density at radius 2 is 2.00 bits per heavy atom. The maximum Gasteiger partial charge on any atom is 0.228 e. The topological polar surface area (TPSA) is 29.1 Å². The van der Waals surface area contributed by atoms with Crippen molar-refractivity contribution in [2.45, 2.75) is 20.3 Å². The van der Waals surface area contributed by atoms with Crippen molar-refractivity contribution in [3.05, 3.63) is 40.4 Å². The molecule has 1 rings (SSSR count). The van der Waals surface area contributed by atoms with Crippen molar-refractivity contribution in [2.24, 2.45) is 0 Å². The van der Waals surface area contributed by atoms with Crippen molar-refractivity contribution >= 4 is 27.5 Å². The summed E-state index contributed by atoms with van der Waals surface area (Å²) in [6.07, 6.45) is 1.93. The van der Waals surface area contributed by atoms with E-state index in [1.807, 2.05) is 26.0 Å². The summed E-state index contributed by atoms with van der Waals surface area (Å²) in [6.45, 7) is 7.52. The van der Waals surface area contributed by atoms with Gasteiger partial charge in [-0.05, 0) is 37.1 Å². The van der Waals surface area contributed by atoms with Crippen LogP contribution in [-0.2, 0) is 4.79 Å². The quantitative estimate of drug-likeness (QED) is 0.834. The molecule has 0 aliphatic carbocycles. The van der Waals surface area contributed by atoms with E-state index in [9.17, 15) is 4.79 Å². The van der Waals surface area contributed by atoms with E-state index in [0.717, 1.165) is 21.3 Å². The molecule has 0 spiro atoms. The molecule has 0 saturated heterocycles. The monoisotopic (exact) mass is 267 g/mol. The van der Waals surface area contributed by atoms with E-state index in [-0.39, 0.29) is 5.91 Å². The highest BCUT2D eigenvalue weighted by molar-refractivity contribution is 9.10. The minimum absolute atomic E-state index is 0.0360. The third-order valence-electron chi connectivity index (χ3n) is 2.05. The molecule has 3 heteroatoms. The standard InChI is InChI=1S/C12H14BrNO/c1-4-5-11(15)14-10-6-8(2)12(13)9(3)7-10/h4,6-7H,1,5H2,2-3H3,(H,14,15). The van der Waals surface area contributed by atoms with Gasteiger partial charge in [0.15, 0.2) is 0 Å². The average Bonchev–Trinajstić information content (AvgIpc) is 2.14. The van der Waals surface area contributed by atoms with Crippen molar-refractivity contribution in [1.29, 1.82) is 0 Å². The number of anilines is 1. The van der Waals surface area contributed by atoms with Crippen LogP contribution < -0.4 is 5.32 Å². The third kappa shape index (κ3) is 3.20. The molecule has 0 unspecified atom stereocenters. The molecule has 0 aliphatic rings. The van der Waals surface area contributed by atoms with Gasteiger partial charge in [-0.15, -0.1) is 6.58 Å². The van der Waals surface area contributed by atoms with Gasteiger partial charge in [-0.1, -0.05) is 22.0 Å². The average molecular weight is 268 g/mol. The summed E-state index contributed by atoms with van der Waals surface area (Å²) >= 11 is 3.48. The molecule has 15 heavy (non-hydrogen) atoms. The number of aryl methyl sites for hydroxylation is 2. The van der Waals surface area contributed by atoms with Crippen LogP contribution in [-0.4, -0.2) is 5.91 Å². The molecule has 2 nitrogen and oxygen atoms in total. The normalized spacial score (nSPS) is 9.80. The number of halogens is 1. The number of benzene rings is 1. The fraction of sp³-hybridized carbons (Fsp3) is 0.250. The van der Waals surface area contributed by atoms with E-state index >= 15 is 0 Å². The lowest BCUT2D eigenvalue weighted by molar-refractivity contribution is -0.115. The van der Waals surface area contributed by atoms with Crippen LogP contribution in [0.2, 0.25) is 0 Å². The fourth-order valence-electron chi connectivity index (χ4n) is 1.36. The highest BCUT2D eigenvalue weighted by Crippen LogP contribution is 2.24. The fourth-order valence-corrected chi connectivity index (χ4v) is 1.59. The Morgan fingerprint density at radius 1 is 1.47 bits per heavy atom. The van der Waals surface area contributed by atoms with E-state index in [1.165, 1.54) is 0 Å². The lowest BCUT2D eigenvalue weighted by atomic mass is 10.1. The van der Waals surface area contributed by atoms with Crippen LogP contribution in [0, 0.1) is 13.8 Å². The number of hydrogen-bond donors (Lipinski definition) is 1. The largest absolute Gasteiger partial charge is 0.326 e. The lowest BCUT2D eigenvalue weighted by Gasteiger charge is -2.08. The molecule has 0 heterocycles. The number of carbonyl (C=O) groups is 1. The third-order valence-corrected chi connectivity index (χ3v) is 3.30. The van der Waals surface area contributed by atoms with Gasteiger partial charge in [-0.25, -0.2) is 0 Å². The van der Waals surface area contributed by atoms with Crippen LogP contribution in [0.4, 0.5) is 5.69 Å². The predicted molar refractivity (Wildman–Crippen MR) is 67.1 cm³/mol. The van der Waals surface area contributed by atoms with Gasteiger partial charge in [-0.2, -0.15) is 0 Å². The molecule has 0 saturated carbocycles. The molecule has 0 atom stereocenters. The summed E-state index contributed by atoms with van der Waals surface area (Å²) in [5, 5.41) is 2.82. The van der Waals surface area contributed by atoms with Crippen LogP contribution in [0.1, 0.15) is 17.5 Å². The number of rotatable bonds is 3. The Bertz CT molecular complexity index is 376. The molecule has 1 aromatic rings. The van der Waals surface area contributed by atoms with Crippen molar-refractivity contribution < 1.29 is 4.79 Å². The summed E-state index contributed by atoms with van der Waals surface area (Å²) in [4.78, 5) is 11.3. The van der Waals surface area contributed by atoms with Crippen LogP contribution in [0.25, 0.3) is 0 Å². The molecule has 0 bridgehead atoms. The maximum absolute atomic E-state index is 11.3. The van der Waals surface area contributed by atoms with Gasteiger partial charge < -0.3 is 5.32 Å². The summed E-state index contributed by atoms with van der Waals surface area (Å²) in [5.41, 5.74) is 3.06. The summed E-state index contributed by atoms with van der Waals surface area (Å²) < 4.78 is 1.09. The molecule has 0 aliphatic heterocycles. The van der Waals surface area contributed by atoms with Crippen LogP contribution in [0.15, 0.2) is 29.3 Å². The van der Waals surface area contributed by atoms with Crippen LogP contribution in [0.3, 0.4) is 0 Å². The van der Waals surface area contributed by atoms with E-state index in [0.29, 0.717) is 6.42 Å². The zero-order valence-corrected chi connectivity index (χ0v) is 10.5. The molecule has 1 N–H and O–H groups in total. The zero-order chi connectivity index (χ0) is 11.4. The van der Waals surface area contributed by atoms with Gasteiger partial charge >= 0.3 is 0 Å². The Balaban J connectivity index is 2.87. The van der Waals surface area contributed by atoms with Gasteiger partial charge in [0.2, 0.25) is 5.91 Å². The number of carbonyl (C=O) groups excluding carboxylic acids is 1. The van der Waals surface area contributed by atoms with Crippen LogP contribution in [0.5, 0.6) is 0 Å². The van der Waals surface area contributed by atoms with Gasteiger partial charge in [0.05, 0.1) is 0 Å². The van der Waals surface area contributed by atoms with Crippen molar-refractivity contribution in [3.63, 3.8) is 0 Å². The molecule has 80 valence electrons. The second-order valence-corrected chi connectivity index (χ2v) is 4.26. The van der Waals surface area contributed by atoms with Crippen molar-refractivity contribution in [3.8, 4) is 0 Å². The molecule has 0 aromatic heterocycles. The smallest absolute Gasteiger partial charge is 0.228 e. The van der Waals surface area contributed by atoms with Gasteiger partial charge in [0.25, 0.3) is 0 Å². The van der Waals surface area contributed by atoms with Crippen molar-refractivity contribution in [1.82, 2.24) is 0 Å². The van der Waals surface area contributed by atoms with E-state index in [2.05, 4.69) is 27.8 Å². The Morgan fingerprint density at radius 3 is 2.47 bits per heavy atom. The van der Waals surface area contributed by atoms with Gasteiger partial charge in [0.1, 0.15) is 0 Å². The summed E-state index contributed by atoms with van der Waals surface area (Å²) in [5.74, 6) is -0.0360. The highest BCUT2D eigenvalue weighted by Gasteiger charge is 2.04. The first-order valence-corrected chi connectivity index (χ1v) is 5.51. The predicted octanol–water partition coefficient (Wildman–Crippen LogP) is 3.58. The zero-order valence-electron chi connectivity index (χ0n) is 8.93. The minimum Gasteiger partial charge on any atom is -0.326 e. The first-order valence-electron chi connectivity index (χ1n) is 4.72. The molecule has 1 amide bonds. The summed E-state index contributed by atoms with van der Waals surface area (Å²) in [7, 11) is 0.